The molecule has 7 nitrogen and oxygen atoms in total. The molecule has 1 aromatic heterocycles. The minimum Gasteiger partial charge on any atom is -0.480 e. The third kappa shape index (κ3) is 1.52. The number of carboxylic acids is 1. The van der Waals surface area contributed by atoms with Gasteiger partial charge in [-0.2, -0.15) is 0 Å². The number of fused-ring (bicyclic) bond motifs is 1. The topological polar surface area (TPSA) is 88.3 Å². The smallest absolute Gasteiger partial charge is 0.327 e. The minimum absolute atomic E-state index is 0.151. The molecule has 0 aromatic carbocycles. The maximum Gasteiger partial charge on any atom is 0.327 e. The number of carbonyl (C=O) groups excluding carboxylic acids is 1. The number of hydrogen-bond acceptors (Lipinski definition) is 5. The van der Waals surface area contributed by atoms with Crippen molar-refractivity contribution in [1.29, 1.82) is 0 Å². The van der Waals surface area contributed by atoms with Gasteiger partial charge in [0.2, 0.25) is 5.91 Å². The van der Waals surface area contributed by atoms with E-state index in [1.54, 1.807) is 17.8 Å². The molecule has 0 aliphatic carbocycles. The van der Waals surface area contributed by atoms with Crippen LogP contribution < -0.4 is 0 Å². The highest BCUT2D eigenvalue weighted by molar-refractivity contribution is 7.80. The monoisotopic (exact) mass is 280 g/mol. The Kier molecular flexibility index (Phi) is 2.46. The van der Waals surface area contributed by atoms with Crippen molar-refractivity contribution in [3.63, 3.8) is 0 Å². The summed E-state index contributed by atoms with van der Waals surface area (Å²) in [5.74, 6) is -1.18. The lowest BCUT2D eigenvalue weighted by atomic mass is 9.81. The molecule has 0 spiro atoms. The zero-order chi connectivity index (χ0) is 13.8. The Morgan fingerprint density at radius 3 is 2.95 bits per heavy atom. The van der Waals surface area contributed by atoms with E-state index in [-0.39, 0.29) is 11.9 Å². The van der Waals surface area contributed by atoms with Crippen LogP contribution in [0.3, 0.4) is 0 Å². The van der Waals surface area contributed by atoms with Crippen LogP contribution in [0.25, 0.3) is 0 Å². The number of carboxylic acid groups (broad SMARTS) is 1. The van der Waals surface area contributed by atoms with Gasteiger partial charge in [-0.1, -0.05) is 24.4 Å². The highest BCUT2D eigenvalue weighted by atomic mass is 32.1. The predicted octanol–water partition coefficient (Wildman–Crippen LogP) is -0.278. The predicted molar refractivity (Wildman–Crippen MR) is 67.4 cm³/mol. The number of carbonyl (C=O) groups is 2. The summed E-state index contributed by atoms with van der Waals surface area (Å²) in [6.07, 6.45) is 3.50. The van der Waals surface area contributed by atoms with Crippen LogP contribution in [0.4, 0.5) is 0 Å². The average molecular weight is 280 g/mol. The van der Waals surface area contributed by atoms with Gasteiger partial charge >= 0.3 is 5.97 Å². The molecule has 1 amide bonds. The zero-order valence-corrected chi connectivity index (χ0v) is 11.0. The Labute approximate surface area is 114 Å². The standard InChI is InChI=1S/C11H12N4O3S/c1-11(5-14-3-2-12-13-14)8(10(17)18)15-6(9(11)19)4-7(15)16/h2-3,6,8H,4-5H2,1H3,(H,17,18)/t6-,8-,11+/m1/s1. The third-order valence-corrected chi connectivity index (χ3v) is 4.67. The molecule has 1 N–H and O–H groups in total. The fourth-order valence-corrected chi connectivity index (χ4v) is 3.38. The fraction of sp³-hybridized carbons (Fsp3) is 0.545. The molecule has 2 aliphatic heterocycles. The molecule has 3 atom stereocenters. The van der Waals surface area contributed by atoms with Gasteiger partial charge in [0, 0.05) is 11.1 Å². The van der Waals surface area contributed by atoms with E-state index in [1.807, 2.05) is 0 Å². The molecule has 2 aliphatic rings. The second-order valence-electron chi connectivity index (χ2n) is 5.14. The molecule has 0 unspecified atom stereocenters. The van der Waals surface area contributed by atoms with Crippen molar-refractivity contribution < 1.29 is 14.7 Å². The van der Waals surface area contributed by atoms with Gasteiger partial charge in [0.1, 0.15) is 6.04 Å². The molecule has 3 rings (SSSR count). The molecule has 100 valence electrons. The van der Waals surface area contributed by atoms with E-state index in [0.717, 1.165) is 0 Å². The Morgan fingerprint density at radius 2 is 2.42 bits per heavy atom. The lowest BCUT2D eigenvalue weighted by molar-refractivity contribution is -0.159. The van der Waals surface area contributed by atoms with Crippen molar-refractivity contribution in [3.8, 4) is 0 Å². The molecule has 8 heteroatoms. The first-order valence-corrected chi connectivity index (χ1v) is 6.28. The third-order valence-electron chi connectivity index (χ3n) is 3.94. The lowest BCUT2D eigenvalue weighted by Gasteiger charge is -2.37. The van der Waals surface area contributed by atoms with Crippen LogP contribution in [-0.2, 0) is 16.1 Å². The molecule has 0 radical (unpaired) electrons. The van der Waals surface area contributed by atoms with Gasteiger partial charge in [0.15, 0.2) is 0 Å². The van der Waals surface area contributed by atoms with E-state index in [0.29, 0.717) is 17.8 Å². The van der Waals surface area contributed by atoms with Gasteiger partial charge in [-0.25, -0.2) is 4.79 Å². The van der Waals surface area contributed by atoms with Crippen LogP contribution in [0, 0.1) is 5.41 Å². The van der Waals surface area contributed by atoms with Crippen LogP contribution in [0.5, 0.6) is 0 Å². The SMILES string of the molecule is C[C@@]1(Cn2ccnn2)C(=S)[C@H]2CC(=O)N2[C@@H]1C(=O)O. The summed E-state index contributed by atoms with van der Waals surface area (Å²) >= 11 is 5.41. The highest BCUT2D eigenvalue weighted by Gasteiger charge is 2.63. The van der Waals surface area contributed by atoms with Crippen LogP contribution >= 0.6 is 12.2 Å². The summed E-state index contributed by atoms with van der Waals surface area (Å²) in [5.41, 5.74) is -0.800. The lowest BCUT2D eigenvalue weighted by Crippen LogP contribution is -2.56. The van der Waals surface area contributed by atoms with Crippen LogP contribution in [0.15, 0.2) is 12.4 Å². The summed E-state index contributed by atoms with van der Waals surface area (Å²) in [4.78, 5) is 25.2. The Morgan fingerprint density at radius 1 is 1.68 bits per heavy atom. The molecule has 3 heterocycles. The van der Waals surface area contributed by atoms with Gasteiger partial charge in [-0.05, 0) is 0 Å². The number of aromatic nitrogens is 3. The maximum atomic E-state index is 11.6. The fourth-order valence-electron chi connectivity index (χ4n) is 3.01. The van der Waals surface area contributed by atoms with Crippen LogP contribution in [-0.4, -0.2) is 53.8 Å². The Balaban J connectivity index is 1.99. The minimum atomic E-state index is -1.03. The number of rotatable bonds is 3. The first-order valence-electron chi connectivity index (χ1n) is 5.87. The number of thiocarbonyl (C=S) groups is 1. The van der Waals surface area contributed by atoms with Crippen molar-refractivity contribution in [2.24, 2.45) is 5.41 Å². The van der Waals surface area contributed by atoms with Gasteiger partial charge in [-0.3, -0.25) is 9.48 Å². The summed E-state index contributed by atoms with van der Waals surface area (Å²) < 4.78 is 1.55. The maximum absolute atomic E-state index is 11.6. The van der Waals surface area contributed by atoms with Gasteiger partial charge < -0.3 is 10.0 Å². The first kappa shape index (κ1) is 12.2. The van der Waals surface area contributed by atoms with E-state index < -0.39 is 17.4 Å². The van der Waals surface area contributed by atoms with Crippen molar-refractivity contribution in [3.05, 3.63) is 12.4 Å². The number of nitrogens with zero attached hydrogens (tertiary/aromatic N) is 4. The number of hydrogen-bond donors (Lipinski definition) is 1. The zero-order valence-electron chi connectivity index (χ0n) is 10.2. The van der Waals surface area contributed by atoms with Crippen molar-refractivity contribution in [2.45, 2.75) is 32.0 Å². The number of β-lactam (4-membered cyclic amide) rings is 1. The van der Waals surface area contributed by atoms with Gasteiger partial charge in [0.05, 0.1) is 30.6 Å². The molecule has 1 aromatic rings. The number of aliphatic carboxylic acids is 1. The first-order chi connectivity index (χ1) is 8.95. The Bertz CT molecular complexity index is 573. The van der Waals surface area contributed by atoms with Crippen molar-refractivity contribution >= 4 is 29.0 Å². The van der Waals surface area contributed by atoms with Crippen LogP contribution in [0.1, 0.15) is 13.3 Å². The second-order valence-corrected chi connectivity index (χ2v) is 5.58. The van der Waals surface area contributed by atoms with Gasteiger partial charge in [0.25, 0.3) is 0 Å². The van der Waals surface area contributed by atoms with E-state index in [9.17, 15) is 14.7 Å². The number of amides is 1. The quantitative estimate of drug-likeness (QED) is 0.605. The molecule has 19 heavy (non-hydrogen) atoms. The molecular weight excluding hydrogens is 268 g/mol. The highest BCUT2D eigenvalue weighted by Crippen LogP contribution is 2.46. The average Bonchev–Trinajstić information content (AvgIpc) is 2.88. The van der Waals surface area contributed by atoms with E-state index in [1.165, 1.54) is 11.1 Å². The van der Waals surface area contributed by atoms with E-state index in [4.69, 9.17) is 12.2 Å². The van der Waals surface area contributed by atoms with Crippen molar-refractivity contribution in [1.82, 2.24) is 19.9 Å². The molecular formula is C11H12N4O3S. The second kappa shape index (κ2) is 3.83. The Hall–Kier alpha value is -1.83. The molecule has 2 fully saturated rings. The largest absolute Gasteiger partial charge is 0.480 e. The normalized spacial score (nSPS) is 33.2. The van der Waals surface area contributed by atoms with Gasteiger partial charge in [-0.15, -0.1) is 5.10 Å². The summed E-state index contributed by atoms with van der Waals surface area (Å²) in [6.45, 7) is 2.09. The van der Waals surface area contributed by atoms with E-state index in [2.05, 4.69) is 10.3 Å². The van der Waals surface area contributed by atoms with E-state index >= 15 is 0 Å². The molecule has 0 bridgehead atoms. The summed E-state index contributed by atoms with van der Waals surface area (Å²) in [5, 5.41) is 17.0. The summed E-state index contributed by atoms with van der Waals surface area (Å²) in [6, 6.07) is -1.15. The molecule has 0 saturated carbocycles. The molecule has 2 saturated heterocycles. The summed E-state index contributed by atoms with van der Waals surface area (Å²) in [7, 11) is 0. The van der Waals surface area contributed by atoms with Crippen molar-refractivity contribution in [2.75, 3.05) is 0 Å². The van der Waals surface area contributed by atoms with Crippen LogP contribution in [0.2, 0.25) is 0 Å².